The summed E-state index contributed by atoms with van der Waals surface area (Å²) in [5.41, 5.74) is 1.49. The second-order valence-corrected chi connectivity index (χ2v) is 7.88. The number of para-hydroxylation sites is 1. The Bertz CT molecular complexity index is 920. The number of nitrogens with zero attached hydrogens (tertiary/aromatic N) is 5. The molecule has 0 bridgehead atoms. The van der Waals surface area contributed by atoms with Crippen LogP contribution in [-0.4, -0.2) is 60.3 Å². The summed E-state index contributed by atoms with van der Waals surface area (Å²) in [7, 11) is 4.10. The first-order valence-electron chi connectivity index (χ1n) is 9.60. The van der Waals surface area contributed by atoms with E-state index in [0.717, 1.165) is 41.2 Å². The maximum absolute atomic E-state index is 9.70. The van der Waals surface area contributed by atoms with Crippen LogP contribution in [0.5, 0.6) is 6.01 Å². The van der Waals surface area contributed by atoms with Crippen LogP contribution in [0, 0.1) is 11.3 Å². The number of hydrogen-bond donors (Lipinski definition) is 0. The Morgan fingerprint density at radius 1 is 1.10 bits per heavy atom. The lowest BCUT2D eigenvalue weighted by Crippen LogP contribution is -2.15. The molecular weight excluding hydrogens is 386 g/mol. The molecule has 0 saturated carbocycles. The zero-order chi connectivity index (χ0) is 20.5. The number of fused-ring (bicyclic) bond motifs is 1. The quantitative estimate of drug-likeness (QED) is 0.447. The third kappa shape index (κ3) is 6.19. The monoisotopic (exact) mass is 411 g/mol. The van der Waals surface area contributed by atoms with Gasteiger partial charge in [-0.25, -0.2) is 9.97 Å². The maximum atomic E-state index is 9.70. The third-order valence-corrected chi connectivity index (χ3v) is 5.30. The standard InChI is InChI=1S/C21H25N5O2S/c1-26(2)11-5-12-27-13-6-14-28-21-23-10-9-17(25-21)16(15-22)20-24-18-7-3-4-8-19(18)29-20/h3-4,7-10,16H,5-6,11-14H2,1-2H3. The molecule has 2 heterocycles. The molecule has 1 unspecified atom stereocenters. The summed E-state index contributed by atoms with van der Waals surface area (Å²) in [5, 5.41) is 10.4. The predicted octanol–water partition coefficient (Wildman–Crippen LogP) is 3.48. The largest absolute Gasteiger partial charge is 0.463 e. The SMILES string of the molecule is CN(C)CCCOCCCOc1nccc(C(C#N)c2nc3ccccc3s2)n1. The Labute approximate surface area is 174 Å². The fourth-order valence-electron chi connectivity index (χ4n) is 2.76. The summed E-state index contributed by atoms with van der Waals surface area (Å²) in [6.07, 6.45) is 3.39. The second kappa shape index (κ2) is 10.8. The molecule has 2 aromatic heterocycles. The molecule has 152 valence electrons. The van der Waals surface area contributed by atoms with Gasteiger partial charge in [-0.3, -0.25) is 0 Å². The summed E-state index contributed by atoms with van der Waals surface area (Å²) >= 11 is 1.51. The molecule has 0 fully saturated rings. The van der Waals surface area contributed by atoms with Gasteiger partial charge in [0, 0.05) is 25.8 Å². The van der Waals surface area contributed by atoms with Crippen LogP contribution in [0.3, 0.4) is 0 Å². The van der Waals surface area contributed by atoms with Crippen molar-refractivity contribution in [3.63, 3.8) is 0 Å². The van der Waals surface area contributed by atoms with E-state index in [1.54, 1.807) is 12.3 Å². The fraction of sp³-hybridized carbons (Fsp3) is 0.429. The average molecular weight is 412 g/mol. The van der Waals surface area contributed by atoms with Gasteiger partial charge in [0.25, 0.3) is 0 Å². The molecule has 29 heavy (non-hydrogen) atoms. The minimum Gasteiger partial charge on any atom is -0.463 e. The van der Waals surface area contributed by atoms with E-state index in [9.17, 15) is 5.26 Å². The number of nitriles is 1. The van der Waals surface area contributed by atoms with Crippen LogP contribution in [-0.2, 0) is 4.74 Å². The maximum Gasteiger partial charge on any atom is 0.316 e. The van der Waals surface area contributed by atoms with Crippen molar-refractivity contribution in [1.29, 1.82) is 5.26 Å². The van der Waals surface area contributed by atoms with Crippen LogP contribution in [0.1, 0.15) is 29.5 Å². The molecule has 0 aliphatic rings. The van der Waals surface area contributed by atoms with Gasteiger partial charge >= 0.3 is 6.01 Å². The first-order chi connectivity index (χ1) is 14.2. The highest BCUT2D eigenvalue weighted by Crippen LogP contribution is 2.30. The van der Waals surface area contributed by atoms with E-state index in [2.05, 4.69) is 40.0 Å². The van der Waals surface area contributed by atoms with E-state index >= 15 is 0 Å². The molecule has 1 atom stereocenters. The topological polar surface area (TPSA) is 84.2 Å². The number of thiazole rings is 1. The van der Waals surface area contributed by atoms with Crippen LogP contribution < -0.4 is 4.74 Å². The lowest BCUT2D eigenvalue weighted by molar-refractivity contribution is 0.111. The van der Waals surface area contributed by atoms with Gasteiger partial charge in [-0.1, -0.05) is 12.1 Å². The van der Waals surface area contributed by atoms with Crippen LogP contribution in [0.25, 0.3) is 10.2 Å². The zero-order valence-electron chi connectivity index (χ0n) is 16.7. The first kappa shape index (κ1) is 21.1. The highest BCUT2D eigenvalue weighted by molar-refractivity contribution is 7.18. The van der Waals surface area contributed by atoms with Crippen molar-refractivity contribution in [2.24, 2.45) is 0 Å². The molecule has 0 saturated heterocycles. The van der Waals surface area contributed by atoms with Gasteiger partial charge in [-0.15, -0.1) is 11.3 Å². The Morgan fingerprint density at radius 3 is 2.72 bits per heavy atom. The lowest BCUT2D eigenvalue weighted by atomic mass is 10.1. The van der Waals surface area contributed by atoms with Gasteiger partial charge in [-0.2, -0.15) is 10.2 Å². The second-order valence-electron chi connectivity index (χ2n) is 6.82. The Hall–Kier alpha value is -2.60. The molecular formula is C21H25N5O2S. The summed E-state index contributed by atoms with van der Waals surface area (Å²) in [4.78, 5) is 15.3. The van der Waals surface area contributed by atoms with Crippen LogP contribution in [0.2, 0.25) is 0 Å². The molecule has 3 aromatic rings. The van der Waals surface area contributed by atoms with Gasteiger partial charge in [0.1, 0.15) is 10.9 Å². The smallest absolute Gasteiger partial charge is 0.316 e. The Morgan fingerprint density at radius 2 is 1.93 bits per heavy atom. The van der Waals surface area contributed by atoms with E-state index in [1.807, 2.05) is 24.3 Å². The highest BCUT2D eigenvalue weighted by Gasteiger charge is 2.20. The minimum atomic E-state index is -0.544. The number of benzene rings is 1. The summed E-state index contributed by atoms with van der Waals surface area (Å²) in [5.74, 6) is -0.544. The van der Waals surface area contributed by atoms with Crippen molar-refractivity contribution in [3.05, 3.63) is 47.2 Å². The van der Waals surface area contributed by atoms with Crippen LogP contribution in [0.15, 0.2) is 36.5 Å². The molecule has 0 N–H and O–H groups in total. The zero-order valence-corrected chi connectivity index (χ0v) is 17.6. The lowest BCUT2D eigenvalue weighted by Gasteiger charge is -2.10. The van der Waals surface area contributed by atoms with E-state index in [-0.39, 0.29) is 6.01 Å². The van der Waals surface area contributed by atoms with E-state index in [0.29, 0.717) is 18.9 Å². The van der Waals surface area contributed by atoms with Gasteiger partial charge in [0.2, 0.25) is 0 Å². The summed E-state index contributed by atoms with van der Waals surface area (Å²) in [6.45, 7) is 2.87. The third-order valence-electron chi connectivity index (χ3n) is 4.20. The average Bonchev–Trinajstić information content (AvgIpc) is 3.14. The van der Waals surface area contributed by atoms with Gasteiger partial charge in [0.05, 0.1) is 28.6 Å². The molecule has 3 rings (SSSR count). The summed E-state index contributed by atoms with van der Waals surface area (Å²) < 4.78 is 12.3. The molecule has 0 aliphatic carbocycles. The number of rotatable bonds is 11. The Balaban J connectivity index is 1.52. The van der Waals surface area contributed by atoms with Crippen molar-refractivity contribution >= 4 is 21.6 Å². The number of aromatic nitrogens is 3. The van der Waals surface area contributed by atoms with Crippen molar-refractivity contribution in [2.75, 3.05) is 40.5 Å². The van der Waals surface area contributed by atoms with Crippen molar-refractivity contribution < 1.29 is 9.47 Å². The fourth-order valence-corrected chi connectivity index (χ4v) is 3.78. The number of hydrogen-bond acceptors (Lipinski definition) is 8. The molecule has 1 aromatic carbocycles. The molecule has 7 nitrogen and oxygen atoms in total. The Kier molecular flexibility index (Phi) is 7.87. The number of ether oxygens (including phenoxy) is 2. The van der Waals surface area contributed by atoms with Crippen molar-refractivity contribution in [3.8, 4) is 12.1 Å². The molecule has 0 amide bonds. The van der Waals surface area contributed by atoms with Gasteiger partial charge < -0.3 is 14.4 Å². The van der Waals surface area contributed by atoms with E-state index in [1.165, 1.54) is 11.3 Å². The van der Waals surface area contributed by atoms with Crippen molar-refractivity contribution in [2.45, 2.75) is 18.8 Å². The normalized spacial score (nSPS) is 12.2. The van der Waals surface area contributed by atoms with Gasteiger partial charge in [-0.05, 0) is 45.3 Å². The minimum absolute atomic E-state index is 0.275. The van der Waals surface area contributed by atoms with Crippen molar-refractivity contribution in [1.82, 2.24) is 19.9 Å². The van der Waals surface area contributed by atoms with E-state index < -0.39 is 5.92 Å². The van der Waals surface area contributed by atoms with E-state index in [4.69, 9.17) is 9.47 Å². The highest BCUT2D eigenvalue weighted by atomic mass is 32.1. The predicted molar refractivity (Wildman–Crippen MR) is 113 cm³/mol. The molecule has 0 aliphatic heterocycles. The molecule has 0 radical (unpaired) electrons. The van der Waals surface area contributed by atoms with Gasteiger partial charge in [0.15, 0.2) is 0 Å². The first-order valence-corrected chi connectivity index (χ1v) is 10.4. The molecule has 0 spiro atoms. The van der Waals surface area contributed by atoms with Crippen LogP contribution >= 0.6 is 11.3 Å². The van der Waals surface area contributed by atoms with Crippen LogP contribution in [0.4, 0.5) is 0 Å². The molecule has 8 heteroatoms. The summed E-state index contributed by atoms with van der Waals surface area (Å²) in [6, 6.07) is 12.2.